The first-order valence-electron chi connectivity index (χ1n) is 14.3. The Kier molecular flexibility index (Phi) is 5.85. The van der Waals surface area contributed by atoms with Crippen LogP contribution in [0.25, 0.3) is 22.2 Å². The van der Waals surface area contributed by atoms with E-state index in [9.17, 15) is 9.59 Å². The van der Waals surface area contributed by atoms with Crippen molar-refractivity contribution in [3.05, 3.63) is 70.4 Å². The third kappa shape index (κ3) is 4.23. The van der Waals surface area contributed by atoms with E-state index in [1.807, 2.05) is 54.6 Å². The Morgan fingerprint density at radius 1 is 0.919 bits per heavy atom. The van der Waals surface area contributed by atoms with Gasteiger partial charge in [0.05, 0.1) is 11.2 Å². The van der Waals surface area contributed by atoms with Gasteiger partial charge in [0.1, 0.15) is 5.56 Å². The zero-order valence-electron chi connectivity index (χ0n) is 22.6. The fourth-order valence-electron chi connectivity index (χ4n) is 9.15. The highest BCUT2D eigenvalue weighted by Gasteiger charge is 2.60. The Hall–Kier alpha value is -2.88. The highest BCUT2D eigenvalue weighted by Crippen LogP contribution is 2.66. The highest BCUT2D eigenvalue weighted by molar-refractivity contribution is 6.04. The number of benzene rings is 2. The van der Waals surface area contributed by atoms with Gasteiger partial charge < -0.3 is 9.88 Å². The van der Waals surface area contributed by atoms with Crippen LogP contribution in [0.4, 0.5) is 0 Å². The fourth-order valence-corrected chi connectivity index (χ4v) is 9.15. The molecule has 1 amide bonds. The van der Waals surface area contributed by atoms with Gasteiger partial charge in [-0.2, -0.15) is 0 Å². The van der Waals surface area contributed by atoms with Crippen molar-refractivity contribution in [2.24, 2.45) is 16.7 Å². The summed E-state index contributed by atoms with van der Waals surface area (Å²) in [5.41, 5.74) is 3.12. The van der Waals surface area contributed by atoms with Crippen LogP contribution in [-0.2, 0) is 6.54 Å². The number of hydrogen-bond donors (Lipinski definition) is 1. The average Bonchev–Trinajstić information content (AvgIpc) is 2.83. The molecule has 1 N–H and O–H groups in total. The minimum Gasteiger partial charge on any atom is -0.346 e. The molecule has 4 heteroatoms. The number of nitrogens with zero attached hydrogens (tertiary/aromatic N) is 1. The van der Waals surface area contributed by atoms with E-state index in [0.29, 0.717) is 16.9 Å². The maximum Gasteiger partial charge on any atom is 0.257 e. The van der Waals surface area contributed by atoms with E-state index in [1.54, 1.807) is 0 Å². The number of carbonyl (C=O) groups excluding carboxylic acids is 1. The van der Waals surface area contributed by atoms with Crippen LogP contribution in [0.15, 0.2) is 59.4 Å². The lowest BCUT2D eigenvalue weighted by Crippen LogP contribution is -2.65. The normalized spacial score (nSPS) is 30.1. The molecule has 1 aromatic heterocycles. The summed E-state index contributed by atoms with van der Waals surface area (Å²) in [5, 5.41) is 4.18. The van der Waals surface area contributed by atoms with E-state index in [1.165, 1.54) is 19.3 Å². The smallest absolute Gasteiger partial charge is 0.257 e. The molecule has 4 aliphatic rings. The number of hydrogen-bond acceptors (Lipinski definition) is 2. The van der Waals surface area contributed by atoms with Gasteiger partial charge in [-0.25, -0.2) is 0 Å². The minimum atomic E-state index is -0.209. The van der Waals surface area contributed by atoms with Crippen LogP contribution in [0.2, 0.25) is 0 Å². The number of unbranched alkanes of at least 4 members (excludes halogenated alkanes) is 2. The summed E-state index contributed by atoms with van der Waals surface area (Å²) < 4.78 is 2.24. The molecule has 4 aliphatic carbocycles. The molecule has 4 bridgehead atoms. The van der Waals surface area contributed by atoms with E-state index in [4.69, 9.17) is 0 Å². The highest BCUT2D eigenvalue weighted by atomic mass is 16.2. The van der Waals surface area contributed by atoms with Crippen LogP contribution in [-0.4, -0.2) is 16.0 Å². The van der Waals surface area contributed by atoms with Crippen LogP contribution in [0, 0.1) is 16.7 Å². The second-order valence-electron chi connectivity index (χ2n) is 13.2. The minimum absolute atomic E-state index is 0.152. The number of aromatic nitrogens is 1. The first kappa shape index (κ1) is 24.5. The van der Waals surface area contributed by atoms with Crippen molar-refractivity contribution in [3.63, 3.8) is 0 Å². The Bertz CT molecular complexity index is 1390. The largest absolute Gasteiger partial charge is 0.346 e. The number of amides is 1. The second kappa shape index (κ2) is 8.85. The van der Waals surface area contributed by atoms with Crippen LogP contribution in [0.3, 0.4) is 0 Å². The second-order valence-corrected chi connectivity index (χ2v) is 13.2. The van der Waals surface area contributed by atoms with Gasteiger partial charge >= 0.3 is 0 Å². The first-order chi connectivity index (χ1) is 17.7. The molecule has 4 nitrogen and oxygen atoms in total. The summed E-state index contributed by atoms with van der Waals surface area (Å²) in [6.07, 6.45) is 10.1. The van der Waals surface area contributed by atoms with Gasteiger partial charge in [-0.15, -0.1) is 0 Å². The van der Waals surface area contributed by atoms with E-state index < -0.39 is 0 Å². The fraction of sp³-hybridized carbons (Fsp3) is 0.515. The Labute approximate surface area is 220 Å². The molecule has 2 unspecified atom stereocenters. The zero-order chi connectivity index (χ0) is 25.8. The number of para-hydroxylation sites is 1. The molecule has 0 radical (unpaired) electrons. The lowest BCUT2D eigenvalue weighted by molar-refractivity contribution is -0.114. The van der Waals surface area contributed by atoms with Crippen LogP contribution >= 0.6 is 0 Å². The molecule has 4 saturated carbocycles. The van der Waals surface area contributed by atoms with Crippen LogP contribution < -0.4 is 10.7 Å². The summed E-state index contributed by atoms with van der Waals surface area (Å²) in [5.74, 6) is 0.482. The molecule has 194 valence electrons. The molecule has 4 atom stereocenters. The average molecular weight is 497 g/mol. The molecule has 7 rings (SSSR count). The number of fused-ring (bicyclic) bond motifs is 1. The SMILES string of the molecule is CCCCCn1c(-c2ccccc2)c(C(=O)NC23CC4C[C@@](C)(C2)C[C@](C)(C4)C3)c(=O)c2ccccc21. The number of nitrogens with one attached hydrogen (secondary N) is 1. The Morgan fingerprint density at radius 3 is 2.27 bits per heavy atom. The van der Waals surface area contributed by atoms with Crippen molar-refractivity contribution in [1.82, 2.24) is 9.88 Å². The van der Waals surface area contributed by atoms with Crippen molar-refractivity contribution in [1.29, 1.82) is 0 Å². The summed E-state index contributed by atoms with van der Waals surface area (Å²) in [7, 11) is 0. The topological polar surface area (TPSA) is 51.1 Å². The lowest BCUT2D eigenvalue weighted by Gasteiger charge is -2.65. The quantitative estimate of drug-likeness (QED) is 0.348. The summed E-state index contributed by atoms with van der Waals surface area (Å²) in [6, 6.07) is 17.8. The molecule has 2 aromatic carbocycles. The Balaban J connectivity index is 1.50. The van der Waals surface area contributed by atoms with Gasteiger partial charge in [-0.3, -0.25) is 9.59 Å². The van der Waals surface area contributed by atoms with Gasteiger partial charge in [0.2, 0.25) is 5.43 Å². The van der Waals surface area contributed by atoms with Crippen molar-refractivity contribution in [2.75, 3.05) is 0 Å². The predicted octanol–water partition coefficient (Wildman–Crippen LogP) is 7.34. The van der Waals surface area contributed by atoms with Crippen molar-refractivity contribution in [3.8, 4) is 11.3 Å². The maximum absolute atomic E-state index is 14.4. The molecule has 1 heterocycles. The van der Waals surface area contributed by atoms with Crippen molar-refractivity contribution in [2.45, 2.75) is 90.6 Å². The van der Waals surface area contributed by atoms with Crippen molar-refractivity contribution >= 4 is 16.8 Å². The third-order valence-corrected chi connectivity index (χ3v) is 9.44. The van der Waals surface area contributed by atoms with Gasteiger partial charge in [0.25, 0.3) is 5.91 Å². The third-order valence-electron chi connectivity index (χ3n) is 9.44. The summed E-state index contributed by atoms with van der Waals surface area (Å²) in [6.45, 7) is 7.82. The number of pyridine rings is 1. The van der Waals surface area contributed by atoms with E-state index in [2.05, 4.69) is 30.7 Å². The van der Waals surface area contributed by atoms with Crippen LogP contribution in [0.5, 0.6) is 0 Å². The van der Waals surface area contributed by atoms with Crippen LogP contribution in [0.1, 0.15) is 88.9 Å². The molecule has 0 saturated heterocycles. The standard InChI is InChI=1S/C33H40N2O2/c1-4-5-11-16-35-26-15-10-9-14-25(26)29(36)27(28(35)24-12-7-6-8-13-24)30(37)34-33-19-23-17-31(2,21-33)20-32(3,18-23)22-33/h6-10,12-15,23H,4-5,11,16-22H2,1-3H3,(H,34,37)/t23?,31-,32+,33?. The monoisotopic (exact) mass is 496 g/mol. The zero-order valence-corrected chi connectivity index (χ0v) is 22.6. The molecule has 0 spiro atoms. The molecule has 0 aliphatic heterocycles. The van der Waals surface area contributed by atoms with Gasteiger partial charge in [-0.1, -0.05) is 76.1 Å². The molecule has 37 heavy (non-hydrogen) atoms. The van der Waals surface area contributed by atoms with E-state index in [0.717, 1.165) is 61.8 Å². The maximum atomic E-state index is 14.4. The molecular formula is C33H40N2O2. The number of carbonyl (C=O) groups is 1. The predicted molar refractivity (Wildman–Crippen MR) is 151 cm³/mol. The lowest BCUT2D eigenvalue weighted by atomic mass is 9.43. The molecule has 3 aromatic rings. The van der Waals surface area contributed by atoms with Gasteiger partial charge in [0, 0.05) is 17.5 Å². The molecule has 4 fully saturated rings. The van der Waals surface area contributed by atoms with Gasteiger partial charge in [-0.05, 0) is 79.4 Å². The summed E-state index contributed by atoms with van der Waals surface area (Å²) in [4.78, 5) is 28.4. The van der Waals surface area contributed by atoms with E-state index in [-0.39, 0.29) is 27.7 Å². The number of aryl methyl sites for hydroxylation is 1. The number of rotatable bonds is 7. The summed E-state index contributed by atoms with van der Waals surface area (Å²) >= 11 is 0. The van der Waals surface area contributed by atoms with E-state index >= 15 is 0 Å². The van der Waals surface area contributed by atoms with Gasteiger partial charge in [0.15, 0.2) is 0 Å². The Morgan fingerprint density at radius 2 is 1.59 bits per heavy atom. The molecular weight excluding hydrogens is 456 g/mol. The first-order valence-corrected chi connectivity index (χ1v) is 14.3. The van der Waals surface area contributed by atoms with Crippen molar-refractivity contribution < 1.29 is 4.79 Å².